The summed E-state index contributed by atoms with van der Waals surface area (Å²) in [6.07, 6.45) is 6.90. The average Bonchev–Trinajstić information content (AvgIpc) is 2.99. The summed E-state index contributed by atoms with van der Waals surface area (Å²) in [4.78, 5) is 24.7. The molecule has 2 aliphatic rings. The molecule has 0 radical (unpaired) electrons. The molecule has 0 aromatic heterocycles. The third-order valence-electron chi connectivity index (χ3n) is 4.95. The predicted molar refractivity (Wildman–Crippen MR) is 94.1 cm³/mol. The zero-order chi connectivity index (χ0) is 18.4. The summed E-state index contributed by atoms with van der Waals surface area (Å²) in [6, 6.07) is -0.685. The molecule has 0 spiro atoms. The molecule has 144 valence electrons. The third-order valence-corrected chi connectivity index (χ3v) is 4.95. The van der Waals surface area contributed by atoms with Crippen molar-refractivity contribution >= 4 is 12.1 Å². The Morgan fingerprint density at radius 2 is 1.68 bits per heavy atom. The molecule has 6 heteroatoms. The van der Waals surface area contributed by atoms with Crippen molar-refractivity contribution in [2.24, 2.45) is 5.92 Å². The smallest absolute Gasteiger partial charge is 0.408 e. The summed E-state index contributed by atoms with van der Waals surface area (Å²) in [7, 11) is 0. The molecule has 6 nitrogen and oxygen atoms in total. The molecule has 2 N–H and O–H groups in total. The van der Waals surface area contributed by atoms with Gasteiger partial charge in [-0.1, -0.05) is 0 Å². The van der Waals surface area contributed by atoms with Crippen LogP contribution in [0, 0.1) is 5.92 Å². The zero-order valence-corrected chi connectivity index (χ0v) is 15.8. The maximum atomic E-state index is 12.6. The van der Waals surface area contributed by atoms with Gasteiger partial charge in [-0.25, -0.2) is 9.59 Å². The van der Waals surface area contributed by atoms with Gasteiger partial charge >= 0.3 is 12.1 Å². The number of esters is 1. The fraction of sp³-hybridized carbons (Fsp3) is 0.895. The molecular weight excluding hydrogens is 322 g/mol. The van der Waals surface area contributed by atoms with Gasteiger partial charge in [0, 0.05) is 0 Å². The van der Waals surface area contributed by atoms with Crippen LogP contribution in [-0.4, -0.2) is 41.0 Å². The number of nitrogens with one attached hydrogen (secondary N) is 1. The van der Waals surface area contributed by atoms with Crippen LogP contribution >= 0.6 is 0 Å². The van der Waals surface area contributed by atoms with Gasteiger partial charge < -0.3 is 19.9 Å². The number of rotatable bonds is 5. The van der Waals surface area contributed by atoms with Gasteiger partial charge in [-0.3, -0.25) is 0 Å². The summed E-state index contributed by atoms with van der Waals surface area (Å²) >= 11 is 0. The van der Waals surface area contributed by atoms with Crippen LogP contribution in [0.1, 0.15) is 78.6 Å². The summed E-state index contributed by atoms with van der Waals surface area (Å²) in [5, 5.41) is 12.4. The van der Waals surface area contributed by atoms with Crippen LogP contribution in [0.25, 0.3) is 0 Å². The first-order valence-corrected chi connectivity index (χ1v) is 9.61. The van der Waals surface area contributed by atoms with Gasteiger partial charge in [0.15, 0.2) is 0 Å². The van der Waals surface area contributed by atoms with Gasteiger partial charge in [0.2, 0.25) is 0 Å². The van der Waals surface area contributed by atoms with Gasteiger partial charge in [-0.05, 0) is 84.5 Å². The minimum absolute atomic E-state index is 0.0244. The monoisotopic (exact) mass is 355 g/mol. The van der Waals surface area contributed by atoms with Crippen molar-refractivity contribution < 1.29 is 24.2 Å². The highest BCUT2D eigenvalue weighted by atomic mass is 16.6. The number of alkyl carbamates (subject to hydrolysis) is 1. The summed E-state index contributed by atoms with van der Waals surface area (Å²) in [5.74, 6) is -0.0525. The lowest BCUT2D eigenvalue weighted by atomic mass is 9.83. The number of hydrogen-bond donors (Lipinski definition) is 2. The van der Waals surface area contributed by atoms with Crippen molar-refractivity contribution in [2.75, 3.05) is 0 Å². The zero-order valence-electron chi connectivity index (χ0n) is 15.8. The van der Waals surface area contributed by atoms with Crippen molar-refractivity contribution in [1.29, 1.82) is 0 Å². The van der Waals surface area contributed by atoms with Crippen molar-refractivity contribution in [1.82, 2.24) is 5.32 Å². The van der Waals surface area contributed by atoms with Gasteiger partial charge in [0.05, 0.1) is 6.10 Å². The number of carbonyl (C=O) groups is 2. The van der Waals surface area contributed by atoms with Crippen molar-refractivity contribution in [3.63, 3.8) is 0 Å². The molecular formula is C19H33NO5. The molecule has 0 aromatic rings. The predicted octanol–water partition coefficient (Wildman–Crippen LogP) is 3.31. The van der Waals surface area contributed by atoms with Gasteiger partial charge in [-0.15, -0.1) is 0 Å². The fourth-order valence-corrected chi connectivity index (χ4v) is 3.63. The molecule has 2 aliphatic carbocycles. The average molecular weight is 355 g/mol. The van der Waals surface area contributed by atoms with Crippen LogP contribution < -0.4 is 5.32 Å². The third kappa shape index (κ3) is 7.22. The molecule has 0 bridgehead atoms. The van der Waals surface area contributed by atoms with E-state index in [1.165, 1.54) is 0 Å². The van der Waals surface area contributed by atoms with E-state index in [1.54, 1.807) is 20.8 Å². The lowest BCUT2D eigenvalue weighted by molar-refractivity contribution is -0.152. The molecule has 0 heterocycles. The van der Waals surface area contributed by atoms with Crippen LogP contribution in [0.3, 0.4) is 0 Å². The Balaban J connectivity index is 1.94. The summed E-state index contributed by atoms with van der Waals surface area (Å²) < 4.78 is 10.9. The Bertz CT molecular complexity index is 445. The minimum Gasteiger partial charge on any atom is -0.461 e. The molecule has 0 aromatic carbocycles. The van der Waals surface area contributed by atoms with E-state index in [0.29, 0.717) is 12.3 Å². The molecule has 1 amide bonds. The van der Waals surface area contributed by atoms with Gasteiger partial charge in [0.25, 0.3) is 0 Å². The lowest BCUT2D eigenvalue weighted by Gasteiger charge is -2.29. The maximum Gasteiger partial charge on any atom is 0.408 e. The second kappa shape index (κ2) is 8.88. The van der Waals surface area contributed by atoms with Crippen LogP contribution in [0.15, 0.2) is 0 Å². The molecule has 1 atom stereocenters. The van der Waals surface area contributed by atoms with Gasteiger partial charge in [-0.2, -0.15) is 0 Å². The number of hydrogen-bond acceptors (Lipinski definition) is 5. The Hall–Kier alpha value is -1.30. The first-order valence-electron chi connectivity index (χ1n) is 9.61. The Morgan fingerprint density at radius 3 is 2.24 bits per heavy atom. The molecule has 0 unspecified atom stereocenters. The molecule has 25 heavy (non-hydrogen) atoms. The van der Waals surface area contributed by atoms with Crippen LogP contribution in [-0.2, 0) is 14.3 Å². The summed E-state index contributed by atoms with van der Waals surface area (Å²) in [6.45, 7) is 5.38. The second-order valence-electron chi connectivity index (χ2n) is 8.45. The first-order chi connectivity index (χ1) is 11.7. The van der Waals surface area contributed by atoms with Gasteiger partial charge in [0.1, 0.15) is 17.7 Å². The Labute approximate surface area is 150 Å². The van der Waals surface area contributed by atoms with E-state index in [4.69, 9.17) is 9.47 Å². The highest BCUT2D eigenvalue weighted by Crippen LogP contribution is 2.29. The molecule has 2 rings (SSSR count). The van der Waals surface area contributed by atoms with Crippen molar-refractivity contribution in [3.8, 4) is 0 Å². The fourth-order valence-electron chi connectivity index (χ4n) is 3.63. The number of carbonyl (C=O) groups excluding carboxylic acids is 2. The maximum absolute atomic E-state index is 12.6. The summed E-state index contributed by atoms with van der Waals surface area (Å²) in [5.41, 5.74) is -0.612. The molecule has 2 fully saturated rings. The van der Waals surface area contributed by atoms with Crippen LogP contribution in [0.2, 0.25) is 0 Å². The Kier molecular flexibility index (Phi) is 7.11. The quantitative estimate of drug-likeness (QED) is 0.739. The number of aliphatic hydroxyl groups is 1. The van der Waals surface area contributed by atoms with E-state index in [2.05, 4.69) is 5.32 Å². The number of aliphatic hydroxyl groups excluding tert-OH is 1. The topological polar surface area (TPSA) is 84.9 Å². The molecule has 0 saturated heterocycles. The van der Waals surface area contributed by atoms with E-state index in [-0.39, 0.29) is 18.2 Å². The normalized spacial score (nSPS) is 26.1. The van der Waals surface area contributed by atoms with E-state index < -0.39 is 17.7 Å². The van der Waals surface area contributed by atoms with E-state index in [9.17, 15) is 14.7 Å². The number of ether oxygens (including phenoxy) is 2. The number of amides is 1. The molecule has 0 aliphatic heterocycles. The highest BCUT2D eigenvalue weighted by Gasteiger charge is 2.32. The van der Waals surface area contributed by atoms with E-state index >= 15 is 0 Å². The molecule has 2 saturated carbocycles. The van der Waals surface area contributed by atoms with Crippen molar-refractivity contribution in [3.05, 3.63) is 0 Å². The Morgan fingerprint density at radius 1 is 1.08 bits per heavy atom. The second-order valence-corrected chi connectivity index (χ2v) is 8.45. The van der Waals surface area contributed by atoms with Crippen molar-refractivity contribution in [2.45, 2.75) is 102 Å². The lowest BCUT2D eigenvalue weighted by Crippen LogP contribution is -2.46. The minimum atomic E-state index is -0.685. The highest BCUT2D eigenvalue weighted by molar-refractivity contribution is 5.81. The van der Waals surface area contributed by atoms with Crippen LogP contribution in [0.5, 0.6) is 0 Å². The van der Waals surface area contributed by atoms with E-state index in [0.717, 1.165) is 51.4 Å². The van der Waals surface area contributed by atoms with Crippen LogP contribution in [0.4, 0.5) is 4.79 Å². The standard InChI is InChI=1S/C19H33NO5/c1-19(2,3)25-18(23)20-16(12-13-8-10-14(21)11-9-13)17(22)24-15-6-4-5-7-15/h13-16,21H,4-12H2,1-3H3,(H,20,23)/t13?,14?,16-/m0/s1. The SMILES string of the molecule is CC(C)(C)OC(=O)N[C@@H](CC1CCC(O)CC1)C(=O)OC1CCCC1. The van der Waals surface area contributed by atoms with E-state index in [1.807, 2.05) is 0 Å². The first kappa shape index (κ1) is 20.0. The largest absolute Gasteiger partial charge is 0.461 e.